The van der Waals surface area contributed by atoms with E-state index in [9.17, 15) is 27.6 Å². The molecule has 3 heterocycles. The van der Waals surface area contributed by atoms with Crippen molar-refractivity contribution in [3.8, 4) is 0 Å². The number of rotatable bonds is 3. The van der Waals surface area contributed by atoms with Crippen molar-refractivity contribution >= 4 is 33.7 Å². The lowest BCUT2D eigenvalue weighted by Gasteiger charge is -2.25. The number of benzene rings is 1. The fourth-order valence-electron chi connectivity index (χ4n) is 4.47. The van der Waals surface area contributed by atoms with Crippen LogP contribution in [-0.2, 0) is 24.2 Å². The number of imide groups is 1. The van der Waals surface area contributed by atoms with Gasteiger partial charge in [0.1, 0.15) is 5.60 Å². The van der Waals surface area contributed by atoms with Crippen LogP contribution in [0, 0.1) is 11.8 Å². The van der Waals surface area contributed by atoms with E-state index < -0.39 is 56.4 Å². The molecule has 0 N–H and O–H groups in total. The number of hydrogen-bond donors (Lipinski definition) is 0. The van der Waals surface area contributed by atoms with Crippen molar-refractivity contribution in [3.63, 3.8) is 0 Å². The molecule has 3 aliphatic rings. The van der Waals surface area contributed by atoms with Crippen molar-refractivity contribution in [2.75, 3.05) is 18.8 Å². The molecular weight excluding hydrogens is 440 g/mol. The minimum Gasteiger partial charge on any atom is -0.444 e. The number of amides is 3. The summed E-state index contributed by atoms with van der Waals surface area (Å²) >= 11 is 0. The minimum absolute atomic E-state index is 0.00582. The number of ether oxygens (including phenoxy) is 1. The van der Waals surface area contributed by atoms with Gasteiger partial charge < -0.3 is 14.5 Å². The summed E-state index contributed by atoms with van der Waals surface area (Å²) in [5, 5.41) is -0.373. The molecule has 3 amide bonds. The van der Waals surface area contributed by atoms with Crippen LogP contribution in [0.15, 0.2) is 24.3 Å². The molecule has 3 atom stereocenters. The molecule has 1 aromatic rings. The molecule has 172 valence electrons. The van der Waals surface area contributed by atoms with E-state index in [1.165, 1.54) is 17.0 Å². The van der Waals surface area contributed by atoms with Crippen molar-refractivity contribution in [3.05, 3.63) is 35.4 Å². The fraction of sp³-hybridized carbons (Fsp3) is 0.524. The largest absolute Gasteiger partial charge is 0.444 e. The number of carbonyl (C=O) groups is 4. The SMILES string of the molecule is CC(C)(C)OC(=O)N1CC2C(CC(=O)ON3C(=O)c4ccccc4C3=O)CS(=O)(=O)C2C1. The molecule has 2 fully saturated rings. The second kappa shape index (κ2) is 7.58. The number of hydrogen-bond acceptors (Lipinski definition) is 8. The third-order valence-corrected chi connectivity index (χ3v) is 8.17. The van der Waals surface area contributed by atoms with E-state index in [2.05, 4.69) is 0 Å². The lowest BCUT2D eigenvalue weighted by molar-refractivity contribution is -0.169. The van der Waals surface area contributed by atoms with Gasteiger partial charge in [-0.1, -0.05) is 17.2 Å². The van der Waals surface area contributed by atoms with E-state index in [-0.39, 0.29) is 36.4 Å². The second-order valence-corrected chi connectivity index (χ2v) is 11.6. The Morgan fingerprint density at radius 3 is 2.22 bits per heavy atom. The van der Waals surface area contributed by atoms with Crippen LogP contribution in [0.5, 0.6) is 0 Å². The summed E-state index contributed by atoms with van der Waals surface area (Å²) in [5.74, 6) is -3.64. The van der Waals surface area contributed by atoms with Crippen molar-refractivity contribution in [2.24, 2.45) is 11.8 Å². The van der Waals surface area contributed by atoms with Crippen LogP contribution >= 0.6 is 0 Å². The summed E-state index contributed by atoms with van der Waals surface area (Å²) < 4.78 is 30.6. The first-order valence-corrected chi connectivity index (χ1v) is 12.0. The summed E-state index contributed by atoms with van der Waals surface area (Å²) in [4.78, 5) is 56.0. The highest BCUT2D eigenvalue weighted by atomic mass is 32.2. The highest BCUT2D eigenvalue weighted by Crippen LogP contribution is 2.40. The quantitative estimate of drug-likeness (QED) is 0.615. The molecule has 0 aliphatic carbocycles. The Labute approximate surface area is 185 Å². The molecular formula is C21H24N2O8S. The summed E-state index contributed by atoms with van der Waals surface area (Å²) in [7, 11) is -3.53. The number of nitrogens with zero attached hydrogens (tertiary/aromatic N) is 2. The molecule has 0 spiro atoms. The van der Waals surface area contributed by atoms with Crippen molar-refractivity contribution in [1.82, 2.24) is 9.96 Å². The van der Waals surface area contributed by atoms with Gasteiger partial charge in [-0.15, -0.1) is 0 Å². The van der Waals surface area contributed by atoms with Crippen LogP contribution in [0.4, 0.5) is 4.79 Å². The maximum Gasteiger partial charge on any atom is 0.410 e. The van der Waals surface area contributed by atoms with Gasteiger partial charge in [-0.25, -0.2) is 18.0 Å². The molecule has 0 bridgehead atoms. The number of carbonyl (C=O) groups excluding carboxylic acids is 4. The van der Waals surface area contributed by atoms with E-state index in [1.54, 1.807) is 32.9 Å². The molecule has 11 heteroatoms. The third-order valence-electron chi connectivity index (χ3n) is 5.85. The van der Waals surface area contributed by atoms with Gasteiger partial charge in [-0.3, -0.25) is 9.59 Å². The van der Waals surface area contributed by atoms with Crippen molar-refractivity contribution in [2.45, 2.75) is 38.0 Å². The van der Waals surface area contributed by atoms with Gasteiger partial charge in [0.25, 0.3) is 11.8 Å². The van der Waals surface area contributed by atoms with Crippen LogP contribution in [-0.4, -0.2) is 72.0 Å². The van der Waals surface area contributed by atoms with Crippen LogP contribution < -0.4 is 0 Å². The Morgan fingerprint density at radius 1 is 1.06 bits per heavy atom. The van der Waals surface area contributed by atoms with Crippen LogP contribution in [0.1, 0.15) is 47.9 Å². The first-order valence-electron chi connectivity index (χ1n) is 10.3. The van der Waals surface area contributed by atoms with Crippen LogP contribution in [0.25, 0.3) is 0 Å². The zero-order chi connectivity index (χ0) is 23.4. The maximum atomic E-state index is 12.6. The Bertz CT molecular complexity index is 1070. The molecule has 2 saturated heterocycles. The zero-order valence-electron chi connectivity index (χ0n) is 17.9. The Balaban J connectivity index is 1.42. The highest BCUT2D eigenvalue weighted by Gasteiger charge is 2.54. The molecule has 0 saturated carbocycles. The Kier molecular flexibility index (Phi) is 5.27. The lowest BCUT2D eigenvalue weighted by atomic mass is 9.90. The summed E-state index contributed by atoms with van der Waals surface area (Å²) in [6.07, 6.45) is -0.898. The summed E-state index contributed by atoms with van der Waals surface area (Å²) in [5.41, 5.74) is -0.446. The maximum absolute atomic E-state index is 12.6. The van der Waals surface area contributed by atoms with E-state index >= 15 is 0 Å². The van der Waals surface area contributed by atoms with E-state index in [4.69, 9.17) is 9.57 Å². The van der Waals surface area contributed by atoms with Crippen LogP contribution in [0.3, 0.4) is 0 Å². The average Bonchev–Trinajstić information content (AvgIpc) is 3.30. The molecule has 3 unspecified atom stereocenters. The van der Waals surface area contributed by atoms with Gasteiger partial charge >= 0.3 is 12.1 Å². The monoisotopic (exact) mass is 464 g/mol. The average molecular weight is 464 g/mol. The molecule has 10 nitrogen and oxygen atoms in total. The topological polar surface area (TPSA) is 127 Å². The van der Waals surface area contributed by atoms with Gasteiger partial charge in [0.05, 0.1) is 28.6 Å². The molecule has 32 heavy (non-hydrogen) atoms. The summed E-state index contributed by atoms with van der Waals surface area (Å²) in [6, 6.07) is 6.10. The summed E-state index contributed by atoms with van der Waals surface area (Å²) in [6.45, 7) is 5.30. The van der Waals surface area contributed by atoms with E-state index in [0.29, 0.717) is 5.06 Å². The molecule has 0 radical (unpaired) electrons. The Morgan fingerprint density at radius 2 is 1.66 bits per heavy atom. The second-order valence-electron chi connectivity index (χ2n) is 9.29. The lowest BCUT2D eigenvalue weighted by Crippen LogP contribution is -2.37. The third kappa shape index (κ3) is 3.96. The first kappa shape index (κ1) is 22.3. The van der Waals surface area contributed by atoms with Gasteiger partial charge in [0, 0.05) is 13.1 Å². The predicted octanol–water partition coefficient (Wildman–Crippen LogP) is 1.41. The zero-order valence-corrected chi connectivity index (χ0v) is 18.8. The molecule has 4 rings (SSSR count). The van der Waals surface area contributed by atoms with Gasteiger partial charge in [-0.2, -0.15) is 0 Å². The molecule has 3 aliphatic heterocycles. The fourth-order valence-corrected chi connectivity index (χ4v) is 6.92. The standard InChI is InChI=1S/C21H24N2O8S/c1-21(2,3)30-20(27)22-9-15-12(11-32(28,29)16(15)10-22)8-17(24)31-23-18(25)13-6-4-5-7-14(13)19(23)26/h4-7,12,15-16H,8-11H2,1-3H3. The van der Waals surface area contributed by atoms with E-state index in [1.807, 2.05) is 0 Å². The van der Waals surface area contributed by atoms with Gasteiger partial charge in [-0.05, 0) is 44.7 Å². The van der Waals surface area contributed by atoms with Crippen molar-refractivity contribution in [1.29, 1.82) is 0 Å². The number of hydroxylamine groups is 2. The highest BCUT2D eigenvalue weighted by molar-refractivity contribution is 7.92. The molecule has 0 aromatic heterocycles. The smallest absolute Gasteiger partial charge is 0.410 e. The number of sulfone groups is 1. The van der Waals surface area contributed by atoms with E-state index in [0.717, 1.165) is 0 Å². The van der Waals surface area contributed by atoms with Gasteiger partial charge in [0.2, 0.25) is 0 Å². The van der Waals surface area contributed by atoms with Crippen LogP contribution in [0.2, 0.25) is 0 Å². The molecule has 1 aromatic carbocycles. The number of likely N-dealkylation sites (tertiary alicyclic amines) is 1. The Hall–Kier alpha value is -2.95. The predicted molar refractivity (Wildman–Crippen MR) is 110 cm³/mol. The normalized spacial score (nSPS) is 26.2. The minimum atomic E-state index is -3.53. The van der Waals surface area contributed by atoms with Gasteiger partial charge in [0.15, 0.2) is 9.84 Å². The van der Waals surface area contributed by atoms with Crippen molar-refractivity contribution < 1.29 is 37.2 Å². The number of fused-ring (bicyclic) bond motifs is 2. The first-order chi connectivity index (χ1) is 14.9.